The zero-order valence-corrected chi connectivity index (χ0v) is 23.2. The number of alkyl halides is 6. The molecule has 228 valence electrons. The fraction of sp³-hybridized carbons (Fsp3) is 0.0556. The normalized spacial score (nSPS) is 12.5. The Labute approximate surface area is 255 Å². The van der Waals surface area contributed by atoms with Gasteiger partial charge in [-0.1, -0.05) is 66.7 Å². The van der Waals surface area contributed by atoms with Crippen LogP contribution in [0.3, 0.4) is 0 Å². The average molecular weight is 629 g/mol. The van der Waals surface area contributed by atoms with Crippen molar-refractivity contribution in [2.24, 2.45) is 0 Å². The van der Waals surface area contributed by atoms with E-state index >= 15 is 0 Å². The van der Waals surface area contributed by atoms with E-state index in [1.54, 1.807) is 42.5 Å². The highest BCUT2D eigenvalue weighted by atomic mass is 19.4. The zero-order valence-electron chi connectivity index (χ0n) is 23.2. The SMILES string of the molecule is O=C(O)c1ccc2c3cccc4c(C(=O)O)c(-c5ccc(C(F)(F)F)cc5)c(-c5ccc(C(F)(F)F)cc5)c(c5cccc1c25)c43. The number of carboxylic acids is 2. The fourth-order valence-corrected chi connectivity index (χ4v) is 6.51. The van der Waals surface area contributed by atoms with Gasteiger partial charge in [0.1, 0.15) is 0 Å². The highest BCUT2D eigenvalue weighted by Gasteiger charge is 2.33. The van der Waals surface area contributed by atoms with Gasteiger partial charge in [0, 0.05) is 5.56 Å². The maximum Gasteiger partial charge on any atom is 0.416 e. The van der Waals surface area contributed by atoms with Gasteiger partial charge in [-0.2, -0.15) is 26.3 Å². The molecule has 0 aliphatic rings. The number of rotatable bonds is 4. The number of halogens is 6. The Morgan fingerprint density at radius 1 is 0.457 bits per heavy atom. The molecule has 0 aromatic heterocycles. The molecule has 4 nitrogen and oxygen atoms in total. The molecule has 0 unspecified atom stereocenters. The average Bonchev–Trinajstić information content (AvgIpc) is 3.01. The Hall–Kier alpha value is -5.64. The number of benzene rings is 7. The zero-order chi connectivity index (χ0) is 32.7. The summed E-state index contributed by atoms with van der Waals surface area (Å²) in [6.45, 7) is 0. The molecular formula is C36H18F6O4. The van der Waals surface area contributed by atoms with Crippen LogP contribution in [0.4, 0.5) is 26.3 Å². The Bertz CT molecular complexity index is 2370. The monoisotopic (exact) mass is 628 g/mol. The molecule has 7 aromatic carbocycles. The topological polar surface area (TPSA) is 74.6 Å². The molecule has 0 fully saturated rings. The summed E-state index contributed by atoms with van der Waals surface area (Å²) in [7, 11) is 0. The van der Waals surface area contributed by atoms with E-state index in [4.69, 9.17) is 0 Å². The second-order valence-corrected chi connectivity index (χ2v) is 10.9. The predicted molar refractivity (Wildman–Crippen MR) is 162 cm³/mol. The van der Waals surface area contributed by atoms with Crippen LogP contribution >= 0.6 is 0 Å². The van der Waals surface area contributed by atoms with E-state index in [9.17, 15) is 46.1 Å². The van der Waals surface area contributed by atoms with E-state index in [0.717, 1.165) is 36.4 Å². The molecular weight excluding hydrogens is 610 g/mol. The Balaban J connectivity index is 1.76. The molecule has 0 radical (unpaired) electrons. The summed E-state index contributed by atoms with van der Waals surface area (Å²) in [5.41, 5.74) is -1.66. The summed E-state index contributed by atoms with van der Waals surface area (Å²) < 4.78 is 81.3. The van der Waals surface area contributed by atoms with Gasteiger partial charge in [0.15, 0.2) is 0 Å². The Morgan fingerprint density at radius 2 is 0.935 bits per heavy atom. The molecule has 0 saturated heterocycles. The van der Waals surface area contributed by atoms with E-state index < -0.39 is 35.4 Å². The number of hydrogen-bond donors (Lipinski definition) is 2. The fourth-order valence-electron chi connectivity index (χ4n) is 6.51. The largest absolute Gasteiger partial charge is 0.478 e. The van der Waals surface area contributed by atoms with Crippen molar-refractivity contribution in [2.75, 3.05) is 0 Å². The van der Waals surface area contributed by atoms with Crippen LogP contribution in [0.5, 0.6) is 0 Å². The lowest BCUT2D eigenvalue weighted by atomic mass is 9.79. The highest BCUT2D eigenvalue weighted by molar-refractivity contribution is 6.39. The molecule has 7 aromatic rings. The van der Waals surface area contributed by atoms with Crippen molar-refractivity contribution < 1.29 is 46.1 Å². The van der Waals surface area contributed by atoms with Crippen LogP contribution in [0.15, 0.2) is 97.1 Å². The van der Waals surface area contributed by atoms with Crippen LogP contribution in [0, 0.1) is 0 Å². The van der Waals surface area contributed by atoms with Gasteiger partial charge in [-0.25, -0.2) is 9.59 Å². The summed E-state index contributed by atoms with van der Waals surface area (Å²) in [6.07, 6.45) is -9.33. The van der Waals surface area contributed by atoms with Gasteiger partial charge in [-0.05, 0) is 90.1 Å². The quantitative estimate of drug-likeness (QED) is 0.116. The standard InChI is InChI=1S/C36H18F6O4/c37-35(38,39)19-11-7-17(8-12-19)27-28(18-9-13-20(14-10-18)36(40,41)42)32(34(45)46)26-6-1-3-21-23-15-16-24(33(43)44)22-4-2-5-25(29(22)23)31(27)30(21)26/h1-16H,(H,43,44)(H,45,46). The number of hydrogen-bond acceptors (Lipinski definition) is 2. The van der Waals surface area contributed by atoms with E-state index in [-0.39, 0.29) is 38.8 Å². The van der Waals surface area contributed by atoms with Crippen LogP contribution in [0.25, 0.3) is 65.3 Å². The minimum atomic E-state index is -4.67. The van der Waals surface area contributed by atoms with Crippen molar-refractivity contribution in [2.45, 2.75) is 12.4 Å². The van der Waals surface area contributed by atoms with Gasteiger partial charge < -0.3 is 10.2 Å². The van der Waals surface area contributed by atoms with Gasteiger partial charge >= 0.3 is 24.3 Å². The van der Waals surface area contributed by atoms with Gasteiger partial charge in [-0.3, -0.25) is 0 Å². The van der Waals surface area contributed by atoms with Crippen molar-refractivity contribution in [1.82, 2.24) is 0 Å². The van der Waals surface area contributed by atoms with Crippen molar-refractivity contribution in [3.05, 3.63) is 119 Å². The Kier molecular flexibility index (Phi) is 6.28. The van der Waals surface area contributed by atoms with Gasteiger partial charge in [0.25, 0.3) is 0 Å². The first-order valence-electron chi connectivity index (χ1n) is 13.8. The highest BCUT2D eigenvalue weighted by Crippen LogP contribution is 2.51. The molecule has 46 heavy (non-hydrogen) atoms. The van der Waals surface area contributed by atoms with Gasteiger partial charge in [-0.15, -0.1) is 0 Å². The predicted octanol–water partition coefficient (Wildman–Crippen LogP) is 10.5. The molecule has 0 aliphatic carbocycles. The van der Waals surface area contributed by atoms with Crippen LogP contribution < -0.4 is 0 Å². The molecule has 0 atom stereocenters. The van der Waals surface area contributed by atoms with E-state index in [1.165, 1.54) is 18.2 Å². The molecule has 0 aliphatic heterocycles. The second-order valence-electron chi connectivity index (χ2n) is 10.9. The van der Waals surface area contributed by atoms with Crippen molar-refractivity contribution >= 4 is 55.0 Å². The van der Waals surface area contributed by atoms with Crippen LogP contribution in [-0.4, -0.2) is 22.2 Å². The molecule has 0 amide bonds. The molecule has 0 saturated carbocycles. The Morgan fingerprint density at radius 3 is 1.46 bits per heavy atom. The van der Waals surface area contributed by atoms with Crippen molar-refractivity contribution in [3.63, 3.8) is 0 Å². The minimum Gasteiger partial charge on any atom is -0.478 e. The van der Waals surface area contributed by atoms with Crippen molar-refractivity contribution in [1.29, 1.82) is 0 Å². The molecule has 10 heteroatoms. The van der Waals surface area contributed by atoms with E-state index in [0.29, 0.717) is 37.7 Å². The lowest BCUT2D eigenvalue weighted by Gasteiger charge is -2.23. The van der Waals surface area contributed by atoms with Gasteiger partial charge in [0.05, 0.1) is 22.3 Å². The molecule has 0 spiro atoms. The lowest BCUT2D eigenvalue weighted by Crippen LogP contribution is -2.07. The summed E-state index contributed by atoms with van der Waals surface area (Å²) in [4.78, 5) is 25.3. The molecule has 7 rings (SSSR count). The first-order valence-corrected chi connectivity index (χ1v) is 13.8. The number of fused-ring (bicyclic) bond motifs is 2. The first-order chi connectivity index (χ1) is 21.8. The molecule has 0 heterocycles. The minimum absolute atomic E-state index is 0.00970. The van der Waals surface area contributed by atoms with Crippen LogP contribution in [0.1, 0.15) is 31.8 Å². The summed E-state index contributed by atoms with van der Waals surface area (Å²) in [5.74, 6) is -2.57. The maximum absolute atomic E-state index is 13.6. The van der Waals surface area contributed by atoms with Crippen LogP contribution in [-0.2, 0) is 12.4 Å². The first kappa shape index (κ1) is 29.1. The third-order valence-corrected chi connectivity index (χ3v) is 8.38. The molecule has 2 N–H and O–H groups in total. The van der Waals surface area contributed by atoms with E-state index in [1.807, 2.05) is 0 Å². The van der Waals surface area contributed by atoms with Crippen LogP contribution in [0.2, 0.25) is 0 Å². The number of carbonyl (C=O) groups is 2. The second kappa shape index (κ2) is 9.93. The summed E-state index contributed by atoms with van der Waals surface area (Å²) in [6, 6.07) is 21.1. The summed E-state index contributed by atoms with van der Waals surface area (Å²) in [5, 5.41) is 24.4. The summed E-state index contributed by atoms with van der Waals surface area (Å²) >= 11 is 0. The number of carboxylic acid groups (broad SMARTS) is 2. The smallest absolute Gasteiger partial charge is 0.416 e. The van der Waals surface area contributed by atoms with Crippen molar-refractivity contribution in [3.8, 4) is 22.3 Å². The number of aromatic carboxylic acids is 2. The van der Waals surface area contributed by atoms with Gasteiger partial charge in [0.2, 0.25) is 0 Å². The van der Waals surface area contributed by atoms with E-state index in [2.05, 4.69) is 0 Å². The third-order valence-electron chi connectivity index (χ3n) is 8.38. The lowest BCUT2D eigenvalue weighted by molar-refractivity contribution is -0.138. The maximum atomic E-state index is 13.6. The third kappa shape index (κ3) is 4.32. The molecule has 0 bridgehead atoms.